The molecule has 1 N–H and O–H groups in total. The summed E-state index contributed by atoms with van der Waals surface area (Å²) in [6, 6.07) is 17.2. The van der Waals surface area contributed by atoms with Crippen molar-refractivity contribution in [3.05, 3.63) is 78.1 Å². The van der Waals surface area contributed by atoms with Gasteiger partial charge in [0.15, 0.2) is 0 Å². The van der Waals surface area contributed by atoms with Gasteiger partial charge in [-0.15, -0.1) is 0 Å². The summed E-state index contributed by atoms with van der Waals surface area (Å²) in [5, 5.41) is 7.08. The zero-order valence-electron chi connectivity index (χ0n) is 12.8. The van der Waals surface area contributed by atoms with Crippen molar-refractivity contribution in [2.24, 2.45) is 0 Å². The van der Waals surface area contributed by atoms with Gasteiger partial charge in [-0.3, -0.25) is 9.48 Å². The Balaban J connectivity index is 1.66. The SMILES string of the molecule is COc1ccc(NC(=O)c2cnn(Cc3ccccc3)c2)cc1. The number of aromatic nitrogens is 2. The number of carbonyl (C=O) groups excluding carboxylic acids is 1. The Morgan fingerprint density at radius 1 is 1.13 bits per heavy atom. The molecule has 0 atom stereocenters. The summed E-state index contributed by atoms with van der Waals surface area (Å²) in [6.07, 6.45) is 3.31. The highest BCUT2D eigenvalue weighted by Gasteiger charge is 2.09. The molecule has 23 heavy (non-hydrogen) atoms. The van der Waals surface area contributed by atoms with Crippen LogP contribution in [0.4, 0.5) is 5.69 Å². The lowest BCUT2D eigenvalue weighted by atomic mass is 10.2. The molecule has 0 unspecified atom stereocenters. The lowest BCUT2D eigenvalue weighted by Gasteiger charge is -2.05. The van der Waals surface area contributed by atoms with Crippen molar-refractivity contribution in [3.8, 4) is 5.75 Å². The van der Waals surface area contributed by atoms with E-state index in [0.29, 0.717) is 17.8 Å². The second-order valence-corrected chi connectivity index (χ2v) is 5.09. The van der Waals surface area contributed by atoms with Gasteiger partial charge in [0.2, 0.25) is 0 Å². The molecule has 1 aromatic heterocycles. The highest BCUT2D eigenvalue weighted by atomic mass is 16.5. The molecule has 0 saturated heterocycles. The van der Waals surface area contributed by atoms with Gasteiger partial charge in [0.25, 0.3) is 5.91 Å². The van der Waals surface area contributed by atoms with Crippen molar-refractivity contribution in [1.82, 2.24) is 9.78 Å². The Morgan fingerprint density at radius 2 is 1.87 bits per heavy atom. The Kier molecular flexibility index (Phi) is 4.38. The number of anilines is 1. The lowest BCUT2D eigenvalue weighted by molar-refractivity contribution is 0.102. The smallest absolute Gasteiger partial charge is 0.258 e. The maximum absolute atomic E-state index is 12.2. The molecule has 0 bridgehead atoms. The minimum Gasteiger partial charge on any atom is -0.497 e. The number of nitrogens with zero attached hydrogens (tertiary/aromatic N) is 2. The molecular weight excluding hydrogens is 290 g/mol. The fraction of sp³-hybridized carbons (Fsp3) is 0.111. The van der Waals surface area contributed by atoms with Crippen LogP contribution in [0.25, 0.3) is 0 Å². The Hall–Kier alpha value is -3.08. The first-order valence-electron chi connectivity index (χ1n) is 7.26. The van der Waals surface area contributed by atoms with Crippen LogP contribution in [0, 0.1) is 0 Å². The normalized spacial score (nSPS) is 10.3. The Morgan fingerprint density at radius 3 is 2.57 bits per heavy atom. The molecule has 1 amide bonds. The molecule has 0 spiro atoms. The molecule has 0 aliphatic carbocycles. The third kappa shape index (κ3) is 3.77. The number of amides is 1. The van der Waals surface area contributed by atoms with E-state index in [4.69, 9.17) is 4.74 Å². The first-order chi connectivity index (χ1) is 11.2. The van der Waals surface area contributed by atoms with E-state index in [1.807, 2.05) is 30.3 Å². The largest absolute Gasteiger partial charge is 0.497 e. The first kappa shape index (κ1) is 14.8. The van der Waals surface area contributed by atoms with Gasteiger partial charge < -0.3 is 10.1 Å². The maximum Gasteiger partial charge on any atom is 0.258 e. The van der Waals surface area contributed by atoms with Crippen LogP contribution in [-0.2, 0) is 6.54 Å². The second-order valence-electron chi connectivity index (χ2n) is 5.09. The maximum atomic E-state index is 12.2. The van der Waals surface area contributed by atoms with Crippen molar-refractivity contribution in [3.63, 3.8) is 0 Å². The monoisotopic (exact) mass is 307 g/mol. The predicted molar refractivity (Wildman–Crippen MR) is 88.7 cm³/mol. The zero-order chi connectivity index (χ0) is 16.1. The summed E-state index contributed by atoms with van der Waals surface area (Å²) >= 11 is 0. The molecule has 0 aliphatic rings. The van der Waals surface area contributed by atoms with Crippen molar-refractivity contribution in [2.45, 2.75) is 6.54 Å². The highest BCUT2D eigenvalue weighted by molar-refractivity contribution is 6.03. The van der Waals surface area contributed by atoms with E-state index in [1.165, 1.54) is 0 Å². The van der Waals surface area contributed by atoms with Crippen LogP contribution in [0.5, 0.6) is 5.75 Å². The van der Waals surface area contributed by atoms with Crippen LogP contribution < -0.4 is 10.1 Å². The van der Waals surface area contributed by atoms with E-state index >= 15 is 0 Å². The molecule has 1 heterocycles. The average Bonchev–Trinajstić information content (AvgIpc) is 3.05. The molecule has 3 aromatic rings. The van der Waals surface area contributed by atoms with Gasteiger partial charge in [-0.2, -0.15) is 5.10 Å². The van der Waals surface area contributed by atoms with Crippen LogP contribution in [0.1, 0.15) is 15.9 Å². The molecule has 116 valence electrons. The minimum absolute atomic E-state index is 0.186. The average molecular weight is 307 g/mol. The molecule has 0 aliphatic heterocycles. The van der Waals surface area contributed by atoms with Gasteiger partial charge in [0.05, 0.1) is 25.4 Å². The number of hydrogen-bond acceptors (Lipinski definition) is 3. The van der Waals surface area contributed by atoms with Gasteiger partial charge in [-0.25, -0.2) is 0 Å². The van der Waals surface area contributed by atoms with E-state index in [-0.39, 0.29) is 5.91 Å². The zero-order valence-corrected chi connectivity index (χ0v) is 12.8. The summed E-state index contributed by atoms with van der Waals surface area (Å²) in [7, 11) is 1.61. The quantitative estimate of drug-likeness (QED) is 0.787. The highest BCUT2D eigenvalue weighted by Crippen LogP contribution is 2.16. The third-order valence-electron chi connectivity index (χ3n) is 3.43. The number of carbonyl (C=O) groups is 1. The molecule has 5 nitrogen and oxygen atoms in total. The number of benzene rings is 2. The number of methoxy groups -OCH3 is 1. The standard InChI is InChI=1S/C18H17N3O2/c1-23-17-9-7-16(8-10-17)20-18(22)15-11-19-21(13-15)12-14-5-3-2-4-6-14/h2-11,13H,12H2,1H3,(H,20,22). The van der Waals surface area contributed by atoms with Gasteiger partial charge in [0, 0.05) is 11.9 Å². The van der Waals surface area contributed by atoms with Crippen LogP contribution in [-0.4, -0.2) is 22.8 Å². The summed E-state index contributed by atoms with van der Waals surface area (Å²) < 4.78 is 6.84. The molecule has 0 fully saturated rings. The molecular formula is C18H17N3O2. The summed E-state index contributed by atoms with van der Waals surface area (Å²) in [4.78, 5) is 12.2. The van der Waals surface area contributed by atoms with Crippen molar-refractivity contribution in [2.75, 3.05) is 12.4 Å². The van der Waals surface area contributed by atoms with E-state index in [9.17, 15) is 4.79 Å². The van der Waals surface area contributed by atoms with Crippen LogP contribution in [0.2, 0.25) is 0 Å². The first-order valence-corrected chi connectivity index (χ1v) is 7.26. The van der Waals surface area contributed by atoms with Gasteiger partial charge in [-0.05, 0) is 29.8 Å². The topological polar surface area (TPSA) is 56.1 Å². The van der Waals surface area contributed by atoms with Crippen LogP contribution in [0.15, 0.2) is 67.0 Å². The molecule has 0 radical (unpaired) electrons. The van der Waals surface area contributed by atoms with E-state index in [1.54, 1.807) is 48.5 Å². The van der Waals surface area contributed by atoms with E-state index < -0.39 is 0 Å². The Labute approximate surface area is 134 Å². The van der Waals surface area contributed by atoms with Crippen LogP contribution in [0.3, 0.4) is 0 Å². The fourth-order valence-corrected chi connectivity index (χ4v) is 2.22. The number of ether oxygens (including phenoxy) is 1. The van der Waals surface area contributed by atoms with E-state index in [2.05, 4.69) is 10.4 Å². The number of rotatable bonds is 5. The second kappa shape index (κ2) is 6.79. The summed E-state index contributed by atoms with van der Waals surface area (Å²) in [5.41, 5.74) is 2.38. The van der Waals surface area contributed by atoms with Crippen molar-refractivity contribution in [1.29, 1.82) is 0 Å². The molecule has 3 rings (SSSR count). The minimum atomic E-state index is -0.186. The fourth-order valence-electron chi connectivity index (χ4n) is 2.22. The summed E-state index contributed by atoms with van der Waals surface area (Å²) in [6.45, 7) is 0.636. The van der Waals surface area contributed by atoms with Gasteiger partial charge >= 0.3 is 0 Å². The number of hydrogen-bond donors (Lipinski definition) is 1. The van der Waals surface area contributed by atoms with Crippen molar-refractivity contribution < 1.29 is 9.53 Å². The molecule has 2 aromatic carbocycles. The Bertz CT molecular complexity index is 780. The predicted octanol–water partition coefficient (Wildman–Crippen LogP) is 3.19. The molecule has 5 heteroatoms. The molecule has 0 saturated carbocycles. The van der Waals surface area contributed by atoms with Gasteiger partial charge in [-0.1, -0.05) is 30.3 Å². The summed E-state index contributed by atoms with van der Waals surface area (Å²) in [5.74, 6) is 0.563. The van der Waals surface area contributed by atoms with E-state index in [0.717, 1.165) is 11.3 Å². The third-order valence-corrected chi connectivity index (χ3v) is 3.43. The van der Waals surface area contributed by atoms with Crippen molar-refractivity contribution >= 4 is 11.6 Å². The number of nitrogens with one attached hydrogen (secondary N) is 1. The lowest BCUT2D eigenvalue weighted by Crippen LogP contribution is -2.11. The van der Waals surface area contributed by atoms with Crippen LogP contribution >= 0.6 is 0 Å². The van der Waals surface area contributed by atoms with Gasteiger partial charge in [0.1, 0.15) is 5.75 Å².